The summed E-state index contributed by atoms with van der Waals surface area (Å²) in [6.45, 7) is 1.19. The number of nitrogen functional groups attached to an aromatic ring is 1. The first-order valence-electron chi connectivity index (χ1n) is 6.11. The summed E-state index contributed by atoms with van der Waals surface area (Å²) < 4.78 is 11.1. The van der Waals surface area contributed by atoms with E-state index in [9.17, 15) is 0 Å². The summed E-state index contributed by atoms with van der Waals surface area (Å²) in [6, 6.07) is 15.0. The van der Waals surface area contributed by atoms with Gasteiger partial charge in [-0.2, -0.15) is 0 Å². The Kier molecular flexibility index (Phi) is 4.93. The standard InChI is InChI=1S/C15H16ClNO2/c16-14-11-13(7-8-15(14)17)19-10-4-9-18-12-5-2-1-3-6-12/h1-3,5-8,11H,4,9-10,17H2. The topological polar surface area (TPSA) is 44.5 Å². The Morgan fingerprint density at radius 1 is 0.895 bits per heavy atom. The number of anilines is 1. The van der Waals surface area contributed by atoms with Crippen LogP contribution in [-0.2, 0) is 0 Å². The van der Waals surface area contributed by atoms with Crippen molar-refractivity contribution >= 4 is 17.3 Å². The van der Waals surface area contributed by atoms with Gasteiger partial charge in [-0.3, -0.25) is 0 Å². The number of hydrogen-bond donors (Lipinski definition) is 1. The van der Waals surface area contributed by atoms with E-state index in [1.165, 1.54) is 0 Å². The third kappa shape index (κ3) is 4.38. The fourth-order valence-electron chi connectivity index (χ4n) is 1.55. The normalized spacial score (nSPS) is 10.2. The molecule has 2 N–H and O–H groups in total. The lowest BCUT2D eigenvalue weighted by Crippen LogP contribution is -2.05. The minimum absolute atomic E-state index is 0.512. The largest absolute Gasteiger partial charge is 0.493 e. The Balaban J connectivity index is 1.68. The first kappa shape index (κ1) is 13.6. The van der Waals surface area contributed by atoms with Crippen LogP contribution in [-0.4, -0.2) is 13.2 Å². The average molecular weight is 278 g/mol. The molecule has 0 aliphatic heterocycles. The molecule has 0 heterocycles. The van der Waals surface area contributed by atoms with Gasteiger partial charge in [-0.1, -0.05) is 29.8 Å². The van der Waals surface area contributed by atoms with Crippen molar-refractivity contribution in [2.75, 3.05) is 18.9 Å². The maximum Gasteiger partial charge on any atom is 0.120 e. The summed E-state index contributed by atoms with van der Waals surface area (Å²) in [4.78, 5) is 0. The van der Waals surface area contributed by atoms with Crippen LogP contribution in [0.25, 0.3) is 0 Å². The molecule has 0 aliphatic rings. The molecule has 0 radical (unpaired) electrons. The molecule has 0 amide bonds. The lowest BCUT2D eigenvalue weighted by atomic mass is 10.3. The van der Waals surface area contributed by atoms with E-state index in [2.05, 4.69) is 0 Å². The zero-order valence-corrected chi connectivity index (χ0v) is 11.3. The summed E-state index contributed by atoms with van der Waals surface area (Å²) in [7, 11) is 0. The fraction of sp³-hybridized carbons (Fsp3) is 0.200. The molecule has 0 spiro atoms. The Hall–Kier alpha value is -1.87. The van der Waals surface area contributed by atoms with Crippen molar-refractivity contribution in [2.24, 2.45) is 0 Å². The second kappa shape index (κ2) is 6.90. The minimum atomic E-state index is 0.512. The van der Waals surface area contributed by atoms with Gasteiger partial charge >= 0.3 is 0 Å². The molecule has 0 aliphatic carbocycles. The molecule has 3 nitrogen and oxygen atoms in total. The van der Waals surface area contributed by atoms with E-state index in [1.807, 2.05) is 30.3 Å². The molecule has 0 saturated heterocycles. The second-order valence-corrected chi connectivity index (χ2v) is 4.45. The molecule has 0 fully saturated rings. The highest BCUT2D eigenvalue weighted by molar-refractivity contribution is 6.33. The maximum atomic E-state index is 5.90. The molecule has 0 bridgehead atoms. The molecular formula is C15H16ClNO2. The van der Waals surface area contributed by atoms with Gasteiger partial charge in [0.1, 0.15) is 11.5 Å². The molecule has 0 unspecified atom stereocenters. The molecule has 0 saturated carbocycles. The van der Waals surface area contributed by atoms with Gasteiger partial charge in [0.05, 0.1) is 23.9 Å². The van der Waals surface area contributed by atoms with Crippen LogP contribution < -0.4 is 15.2 Å². The highest BCUT2D eigenvalue weighted by Crippen LogP contribution is 2.24. The third-order valence-electron chi connectivity index (χ3n) is 2.54. The minimum Gasteiger partial charge on any atom is -0.493 e. The van der Waals surface area contributed by atoms with Crippen molar-refractivity contribution in [3.8, 4) is 11.5 Å². The number of para-hydroxylation sites is 1. The van der Waals surface area contributed by atoms with Gasteiger partial charge in [0.25, 0.3) is 0 Å². The van der Waals surface area contributed by atoms with Crippen molar-refractivity contribution in [3.63, 3.8) is 0 Å². The predicted molar refractivity (Wildman–Crippen MR) is 77.9 cm³/mol. The van der Waals surface area contributed by atoms with Crippen molar-refractivity contribution in [1.29, 1.82) is 0 Å². The molecular weight excluding hydrogens is 262 g/mol. The van der Waals surface area contributed by atoms with Crippen molar-refractivity contribution in [2.45, 2.75) is 6.42 Å². The van der Waals surface area contributed by atoms with Crippen LogP contribution in [0.3, 0.4) is 0 Å². The molecule has 19 heavy (non-hydrogen) atoms. The summed E-state index contributed by atoms with van der Waals surface area (Å²) in [6.07, 6.45) is 0.802. The van der Waals surface area contributed by atoms with Crippen LogP contribution >= 0.6 is 11.6 Å². The van der Waals surface area contributed by atoms with E-state index in [-0.39, 0.29) is 0 Å². The van der Waals surface area contributed by atoms with Gasteiger partial charge in [0, 0.05) is 12.5 Å². The molecule has 2 aromatic carbocycles. The monoisotopic (exact) mass is 277 g/mol. The molecule has 100 valence electrons. The van der Waals surface area contributed by atoms with Crippen LogP contribution in [0.5, 0.6) is 11.5 Å². The number of hydrogen-bond acceptors (Lipinski definition) is 3. The molecule has 2 aromatic rings. The number of ether oxygens (including phenoxy) is 2. The lowest BCUT2D eigenvalue weighted by molar-refractivity contribution is 0.247. The first-order chi connectivity index (χ1) is 9.25. The molecule has 0 aromatic heterocycles. The van der Waals surface area contributed by atoms with Crippen LogP contribution in [0.1, 0.15) is 6.42 Å². The van der Waals surface area contributed by atoms with E-state index in [0.29, 0.717) is 23.9 Å². The van der Waals surface area contributed by atoms with E-state index in [4.69, 9.17) is 26.8 Å². The van der Waals surface area contributed by atoms with Crippen molar-refractivity contribution in [1.82, 2.24) is 0 Å². The second-order valence-electron chi connectivity index (χ2n) is 4.05. The van der Waals surface area contributed by atoms with Crippen LogP contribution in [0, 0.1) is 0 Å². The highest BCUT2D eigenvalue weighted by Gasteiger charge is 1.99. The zero-order chi connectivity index (χ0) is 13.5. The number of benzene rings is 2. The number of rotatable bonds is 6. The van der Waals surface area contributed by atoms with E-state index in [0.717, 1.165) is 17.9 Å². The Morgan fingerprint density at radius 3 is 2.26 bits per heavy atom. The summed E-state index contributed by atoms with van der Waals surface area (Å²) >= 11 is 5.90. The molecule has 4 heteroatoms. The summed E-state index contributed by atoms with van der Waals surface area (Å²) in [5.74, 6) is 1.59. The van der Waals surface area contributed by atoms with E-state index < -0.39 is 0 Å². The predicted octanol–water partition coefficient (Wildman–Crippen LogP) is 3.77. The summed E-state index contributed by atoms with van der Waals surface area (Å²) in [5.41, 5.74) is 6.18. The van der Waals surface area contributed by atoms with Crippen molar-refractivity contribution in [3.05, 3.63) is 53.6 Å². The van der Waals surface area contributed by atoms with Gasteiger partial charge in [-0.25, -0.2) is 0 Å². The van der Waals surface area contributed by atoms with Gasteiger partial charge in [0.15, 0.2) is 0 Å². The average Bonchev–Trinajstić information content (AvgIpc) is 2.43. The number of nitrogens with two attached hydrogens (primary N) is 1. The molecule has 2 rings (SSSR count). The van der Waals surface area contributed by atoms with Crippen LogP contribution in [0.2, 0.25) is 5.02 Å². The summed E-state index contributed by atoms with van der Waals surface area (Å²) in [5, 5.41) is 0.512. The SMILES string of the molecule is Nc1ccc(OCCCOc2ccccc2)cc1Cl. The fourth-order valence-corrected chi connectivity index (χ4v) is 1.72. The Labute approximate surface area is 117 Å². The quantitative estimate of drug-likeness (QED) is 0.646. The van der Waals surface area contributed by atoms with Gasteiger partial charge in [-0.15, -0.1) is 0 Å². The zero-order valence-electron chi connectivity index (χ0n) is 10.5. The van der Waals surface area contributed by atoms with Crippen LogP contribution in [0.4, 0.5) is 5.69 Å². The highest BCUT2D eigenvalue weighted by atomic mass is 35.5. The smallest absolute Gasteiger partial charge is 0.120 e. The first-order valence-corrected chi connectivity index (χ1v) is 6.49. The van der Waals surface area contributed by atoms with E-state index >= 15 is 0 Å². The van der Waals surface area contributed by atoms with Crippen LogP contribution in [0.15, 0.2) is 48.5 Å². The van der Waals surface area contributed by atoms with E-state index in [1.54, 1.807) is 18.2 Å². The van der Waals surface area contributed by atoms with Gasteiger partial charge < -0.3 is 15.2 Å². The lowest BCUT2D eigenvalue weighted by Gasteiger charge is -2.08. The van der Waals surface area contributed by atoms with Crippen molar-refractivity contribution < 1.29 is 9.47 Å². The molecule has 0 atom stereocenters. The maximum absolute atomic E-state index is 5.90. The van der Waals surface area contributed by atoms with Gasteiger partial charge in [-0.05, 0) is 24.3 Å². The Bertz CT molecular complexity index is 517. The number of halogens is 1. The third-order valence-corrected chi connectivity index (χ3v) is 2.87. The van der Waals surface area contributed by atoms with Gasteiger partial charge in [0.2, 0.25) is 0 Å². The Morgan fingerprint density at radius 2 is 1.58 bits per heavy atom.